The molecule has 0 rings (SSSR count). The Kier molecular flexibility index (Phi) is 6.29. The van der Waals surface area contributed by atoms with Gasteiger partial charge in [-0.3, -0.25) is 0 Å². The van der Waals surface area contributed by atoms with Gasteiger partial charge >= 0.3 is 0 Å². The lowest BCUT2D eigenvalue weighted by atomic mass is 10.3. The van der Waals surface area contributed by atoms with Crippen LogP contribution in [0.5, 0.6) is 0 Å². The Bertz CT molecular complexity index is 89.3. The van der Waals surface area contributed by atoms with Gasteiger partial charge in [-0.05, 0) is 6.42 Å². The zero-order valence-electron chi connectivity index (χ0n) is 6.60. The number of unbranched alkanes of at least 4 members (excludes halogenated alkanes) is 2. The lowest BCUT2D eigenvalue weighted by molar-refractivity contribution is 0.159. The fourth-order valence-corrected chi connectivity index (χ4v) is 0.614. The van der Waals surface area contributed by atoms with E-state index in [4.69, 9.17) is 9.84 Å². The third-order valence-corrected chi connectivity index (χ3v) is 1.23. The summed E-state index contributed by atoms with van der Waals surface area (Å²) in [5, 5.41) is 8.47. The van der Waals surface area contributed by atoms with Gasteiger partial charge in [-0.2, -0.15) is 0 Å². The van der Waals surface area contributed by atoms with E-state index in [0.717, 1.165) is 6.42 Å². The lowest BCUT2D eigenvalue weighted by Crippen LogP contribution is -1.97. The molecule has 0 unspecified atom stereocenters. The largest absolute Gasteiger partial charge is 0.496 e. The van der Waals surface area contributed by atoms with E-state index in [0.29, 0.717) is 12.4 Å². The standard InChI is InChI=1S/C8H16O2/c1-3-4-5-6-10-8(2)7-9/h9H,2-7H2,1H3. The minimum Gasteiger partial charge on any atom is -0.496 e. The van der Waals surface area contributed by atoms with Gasteiger partial charge in [-0.25, -0.2) is 0 Å². The first kappa shape index (κ1) is 9.50. The van der Waals surface area contributed by atoms with E-state index in [1.54, 1.807) is 0 Å². The molecule has 0 aromatic carbocycles. The SMILES string of the molecule is C=C(CO)OCCCCC. The van der Waals surface area contributed by atoms with Crippen molar-refractivity contribution >= 4 is 0 Å². The fourth-order valence-electron chi connectivity index (χ4n) is 0.614. The average molecular weight is 144 g/mol. The first-order chi connectivity index (χ1) is 4.81. The number of aliphatic hydroxyl groups is 1. The van der Waals surface area contributed by atoms with Crippen LogP contribution in [-0.4, -0.2) is 18.3 Å². The van der Waals surface area contributed by atoms with E-state index in [9.17, 15) is 0 Å². The van der Waals surface area contributed by atoms with Crippen molar-refractivity contribution in [2.45, 2.75) is 26.2 Å². The Hall–Kier alpha value is -0.500. The minimum absolute atomic E-state index is 0.0634. The third-order valence-electron chi connectivity index (χ3n) is 1.23. The van der Waals surface area contributed by atoms with Gasteiger partial charge in [0.15, 0.2) is 0 Å². The maximum absolute atomic E-state index is 8.47. The maximum atomic E-state index is 8.47. The molecule has 1 N–H and O–H groups in total. The van der Waals surface area contributed by atoms with E-state index >= 15 is 0 Å². The highest BCUT2D eigenvalue weighted by Gasteiger charge is 1.90. The van der Waals surface area contributed by atoms with Gasteiger partial charge < -0.3 is 9.84 Å². The minimum atomic E-state index is -0.0634. The molecule has 0 aromatic heterocycles. The highest BCUT2D eigenvalue weighted by atomic mass is 16.5. The quantitative estimate of drug-likeness (QED) is 0.454. The van der Waals surface area contributed by atoms with E-state index in [1.165, 1.54) is 12.8 Å². The van der Waals surface area contributed by atoms with Crippen LogP contribution in [0.2, 0.25) is 0 Å². The highest BCUT2D eigenvalue weighted by molar-refractivity contribution is 4.80. The molecule has 0 aromatic rings. The van der Waals surface area contributed by atoms with Crippen molar-refractivity contribution in [1.82, 2.24) is 0 Å². The molecule has 0 aliphatic heterocycles. The van der Waals surface area contributed by atoms with Gasteiger partial charge in [0, 0.05) is 0 Å². The summed E-state index contributed by atoms with van der Waals surface area (Å²) in [4.78, 5) is 0. The summed E-state index contributed by atoms with van der Waals surface area (Å²) in [7, 11) is 0. The van der Waals surface area contributed by atoms with E-state index in [-0.39, 0.29) is 6.61 Å². The van der Waals surface area contributed by atoms with Crippen molar-refractivity contribution in [2.75, 3.05) is 13.2 Å². The fraction of sp³-hybridized carbons (Fsp3) is 0.750. The highest BCUT2D eigenvalue weighted by Crippen LogP contribution is 1.97. The van der Waals surface area contributed by atoms with E-state index < -0.39 is 0 Å². The number of rotatable bonds is 6. The van der Waals surface area contributed by atoms with Crippen LogP contribution in [0.3, 0.4) is 0 Å². The normalized spacial score (nSPS) is 9.40. The molecule has 10 heavy (non-hydrogen) atoms. The Balaban J connectivity index is 2.96. The molecule has 0 bridgehead atoms. The van der Waals surface area contributed by atoms with Crippen LogP contribution in [0, 0.1) is 0 Å². The summed E-state index contributed by atoms with van der Waals surface area (Å²) in [6.45, 7) is 6.26. The predicted octanol–water partition coefficient (Wildman–Crippen LogP) is 1.70. The van der Waals surface area contributed by atoms with Gasteiger partial charge in [-0.15, -0.1) is 0 Å². The van der Waals surface area contributed by atoms with Crippen LogP contribution < -0.4 is 0 Å². The summed E-state index contributed by atoms with van der Waals surface area (Å²) < 4.78 is 5.05. The zero-order valence-corrected chi connectivity index (χ0v) is 6.60. The van der Waals surface area contributed by atoms with E-state index in [1.807, 2.05) is 0 Å². The molecule has 0 radical (unpaired) electrons. The van der Waals surface area contributed by atoms with Gasteiger partial charge in [0.1, 0.15) is 5.76 Å². The Morgan fingerprint density at radius 3 is 2.70 bits per heavy atom. The van der Waals surface area contributed by atoms with Gasteiger partial charge in [0.05, 0.1) is 13.2 Å². The number of hydrogen-bond acceptors (Lipinski definition) is 2. The first-order valence-corrected chi connectivity index (χ1v) is 3.72. The summed E-state index contributed by atoms with van der Waals surface area (Å²) >= 11 is 0. The van der Waals surface area contributed by atoms with Crippen molar-refractivity contribution < 1.29 is 9.84 Å². The number of aliphatic hydroxyl groups excluding tert-OH is 1. The maximum Gasteiger partial charge on any atom is 0.114 e. The van der Waals surface area contributed by atoms with Crippen molar-refractivity contribution in [3.05, 3.63) is 12.3 Å². The Labute approximate surface area is 62.5 Å². The first-order valence-electron chi connectivity index (χ1n) is 3.72. The molecular weight excluding hydrogens is 128 g/mol. The predicted molar refractivity (Wildman–Crippen MR) is 41.7 cm³/mol. The molecule has 0 amide bonds. The molecule has 0 heterocycles. The average Bonchev–Trinajstić information content (AvgIpc) is 1.98. The van der Waals surface area contributed by atoms with Crippen molar-refractivity contribution in [3.8, 4) is 0 Å². The van der Waals surface area contributed by atoms with Crippen molar-refractivity contribution in [2.24, 2.45) is 0 Å². The second-order valence-electron chi connectivity index (χ2n) is 2.25. The lowest BCUT2D eigenvalue weighted by Gasteiger charge is -2.04. The third kappa shape index (κ3) is 5.63. The molecule has 60 valence electrons. The van der Waals surface area contributed by atoms with Crippen LogP contribution in [-0.2, 0) is 4.74 Å². The monoisotopic (exact) mass is 144 g/mol. The topological polar surface area (TPSA) is 29.5 Å². The van der Waals surface area contributed by atoms with Crippen LogP contribution in [0.25, 0.3) is 0 Å². The second kappa shape index (κ2) is 6.62. The van der Waals surface area contributed by atoms with Crippen molar-refractivity contribution in [1.29, 1.82) is 0 Å². The van der Waals surface area contributed by atoms with Gasteiger partial charge in [0.25, 0.3) is 0 Å². The summed E-state index contributed by atoms with van der Waals surface area (Å²) in [5.41, 5.74) is 0. The van der Waals surface area contributed by atoms with Gasteiger partial charge in [0.2, 0.25) is 0 Å². The van der Waals surface area contributed by atoms with Crippen LogP contribution in [0.4, 0.5) is 0 Å². The van der Waals surface area contributed by atoms with Crippen LogP contribution in [0.15, 0.2) is 12.3 Å². The molecular formula is C8H16O2. The molecule has 0 fully saturated rings. The zero-order chi connectivity index (χ0) is 7.82. The number of ether oxygens (including phenoxy) is 1. The van der Waals surface area contributed by atoms with Crippen LogP contribution >= 0.6 is 0 Å². The molecule has 0 saturated carbocycles. The second-order valence-corrected chi connectivity index (χ2v) is 2.25. The molecule has 0 saturated heterocycles. The summed E-state index contributed by atoms with van der Waals surface area (Å²) in [6.07, 6.45) is 3.42. The number of hydrogen-bond donors (Lipinski definition) is 1. The van der Waals surface area contributed by atoms with Gasteiger partial charge in [-0.1, -0.05) is 26.3 Å². The molecule has 0 aliphatic rings. The Morgan fingerprint density at radius 2 is 2.20 bits per heavy atom. The van der Waals surface area contributed by atoms with Crippen LogP contribution in [0.1, 0.15) is 26.2 Å². The molecule has 2 nitrogen and oxygen atoms in total. The summed E-state index contributed by atoms with van der Waals surface area (Å²) in [6, 6.07) is 0. The van der Waals surface area contributed by atoms with Crippen molar-refractivity contribution in [3.63, 3.8) is 0 Å². The molecule has 0 aliphatic carbocycles. The smallest absolute Gasteiger partial charge is 0.114 e. The Morgan fingerprint density at radius 1 is 1.50 bits per heavy atom. The molecule has 0 atom stereocenters. The summed E-state index contributed by atoms with van der Waals surface area (Å²) in [5.74, 6) is 0.469. The van der Waals surface area contributed by atoms with E-state index in [2.05, 4.69) is 13.5 Å². The molecule has 2 heteroatoms. The molecule has 0 spiro atoms.